The number of rotatable bonds is 9. The second-order valence-corrected chi connectivity index (χ2v) is 11.8. The van der Waals surface area contributed by atoms with Crippen molar-refractivity contribution < 1.29 is 45.2 Å². The van der Waals surface area contributed by atoms with Crippen molar-refractivity contribution in [1.82, 2.24) is 20.0 Å². The first kappa shape index (κ1) is 34.4. The number of aliphatic carboxylic acids is 1. The lowest BCUT2D eigenvalue weighted by molar-refractivity contribution is -0.192. The summed E-state index contributed by atoms with van der Waals surface area (Å²) >= 11 is 0. The third-order valence-corrected chi connectivity index (χ3v) is 8.21. The Morgan fingerprint density at radius 1 is 1.00 bits per heavy atom. The van der Waals surface area contributed by atoms with Gasteiger partial charge in [0.15, 0.2) is 0 Å². The minimum Gasteiger partial charge on any atom is -0.475 e. The van der Waals surface area contributed by atoms with E-state index in [9.17, 15) is 26.4 Å². The first-order valence-corrected chi connectivity index (χ1v) is 15.2. The Morgan fingerprint density at radius 3 is 2.28 bits per heavy atom. The minimum absolute atomic E-state index is 0.0549. The number of oxazole rings is 1. The monoisotopic (exact) mass is 671 g/mol. The Labute approximate surface area is 266 Å². The van der Waals surface area contributed by atoms with Gasteiger partial charge in [-0.2, -0.15) is 13.2 Å². The zero-order chi connectivity index (χ0) is 34.4. The van der Waals surface area contributed by atoms with Gasteiger partial charge >= 0.3 is 12.1 Å². The highest BCUT2D eigenvalue weighted by molar-refractivity contribution is 7.92. The van der Waals surface area contributed by atoms with Crippen LogP contribution in [0.5, 0.6) is 0 Å². The van der Waals surface area contributed by atoms with Crippen LogP contribution in [0.2, 0.25) is 0 Å². The van der Waals surface area contributed by atoms with Crippen LogP contribution in [0.1, 0.15) is 22.4 Å². The normalized spacial score (nSPS) is 11.4. The van der Waals surface area contributed by atoms with Gasteiger partial charge in [0.25, 0.3) is 10.0 Å². The Bertz CT molecular complexity index is 1960. The van der Waals surface area contributed by atoms with E-state index < -0.39 is 22.2 Å². The zero-order valence-electron chi connectivity index (χ0n) is 25.1. The number of carbonyl (C=O) groups is 2. The van der Waals surface area contributed by atoms with Crippen LogP contribution in [0.25, 0.3) is 22.6 Å². The average Bonchev–Trinajstić information content (AvgIpc) is 3.68. The second-order valence-electron chi connectivity index (χ2n) is 10.1. The fourth-order valence-electron chi connectivity index (χ4n) is 4.25. The van der Waals surface area contributed by atoms with E-state index >= 15 is 0 Å². The van der Waals surface area contributed by atoms with Crippen molar-refractivity contribution in [2.45, 2.75) is 37.9 Å². The second kappa shape index (κ2) is 14.3. The van der Waals surface area contributed by atoms with Crippen molar-refractivity contribution in [3.05, 3.63) is 102 Å². The molecule has 0 aliphatic carbocycles. The predicted octanol–water partition coefficient (Wildman–Crippen LogP) is 5.64. The Morgan fingerprint density at radius 2 is 1.68 bits per heavy atom. The van der Waals surface area contributed by atoms with Crippen molar-refractivity contribution in [2.24, 2.45) is 0 Å². The molecule has 246 valence electrons. The molecule has 12 nitrogen and oxygen atoms in total. The summed E-state index contributed by atoms with van der Waals surface area (Å²) < 4.78 is 72.1. The molecule has 0 aliphatic heterocycles. The summed E-state index contributed by atoms with van der Waals surface area (Å²) in [6.07, 6.45) is 1.45. The van der Waals surface area contributed by atoms with E-state index in [2.05, 4.69) is 19.8 Å². The molecule has 0 unspecified atom stereocenters. The largest absolute Gasteiger partial charge is 0.490 e. The smallest absolute Gasteiger partial charge is 0.475 e. The minimum atomic E-state index is -5.08. The average molecular weight is 672 g/mol. The number of sulfonamides is 1. The molecule has 3 aromatic heterocycles. The lowest BCUT2D eigenvalue weighted by Crippen LogP contribution is -2.28. The van der Waals surface area contributed by atoms with E-state index in [1.807, 2.05) is 18.2 Å². The fraction of sp³-hybridized carbons (Fsp3) is 0.194. The number of anilines is 1. The number of carbonyl (C=O) groups excluding carboxylic acids is 1. The Hall–Kier alpha value is -5.51. The number of nitrogens with zero attached hydrogens (tertiary/aromatic N) is 4. The predicted molar refractivity (Wildman–Crippen MR) is 162 cm³/mol. The van der Waals surface area contributed by atoms with Crippen molar-refractivity contribution >= 4 is 27.8 Å². The van der Waals surface area contributed by atoms with Crippen LogP contribution in [0.4, 0.5) is 19.1 Å². The molecule has 2 N–H and O–H groups in total. The number of nitrogens with one attached hydrogen (secondary N) is 1. The van der Waals surface area contributed by atoms with E-state index in [1.54, 1.807) is 74.7 Å². The number of likely N-dealkylation sites (N-methyl/N-ethyl adjacent to an activating group) is 1. The number of alkyl halides is 3. The number of amides is 1. The molecular weight excluding hydrogens is 643 g/mol. The summed E-state index contributed by atoms with van der Waals surface area (Å²) in [6, 6.07) is 15.8. The van der Waals surface area contributed by atoms with Crippen LogP contribution in [0.3, 0.4) is 0 Å². The molecule has 0 atom stereocenters. The van der Waals surface area contributed by atoms with E-state index in [0.717, 1.165) is 11.1 Å². The maximum atomic E-state index is 13.6. The van der Waals surface area contributed by atoms with E-state index in [4.69, 9.17) is 18.8 Å². The molecule has 16 heteroatoms. The highest BCUT2D eigenvalue weighted by atomic mass is 32.2. The van der Waals surface area contributed by atoms with Gasteiger partial charge in [0.2, 0.25) is 17.7 Å². The molecule has 2 aromatic carbocycles. The number of pyridine rings is 1. The highest BCUT2D eigenvalue weighted by Crippen LogP contribution is 2.34. The van der Waals surface area contributed by atoms with Gasteiger partial charge in [0.1, 0.15) is 6.26 Å². The maximum Gasteiger partial charge on any atom is 0.490 e. The Kier molecular flexibility index (Phi) is 10.4. The van der Waals surface area contributed by atoms with Crippen LogP contribution < -0.4 is 4.72 Å². The molecule has 0 saturated heterocycles. The summed E-state index contributed by atoms with van der Waals surface area (Å²) in [6.45, 7) is 3.68. The van der Waals surface area contributed by atoms with Crippen molar-refractivity contribution in [2.75, 3.05) is 11.8 Å². The third-order valence-electron chi connectivity index (χ3n) is 6.82. The van der Waals surface area contributed by atoms with E-state index in [0.29, 0.717) is 33.8 Å². The number of hydrogen-bond acceptors (Lipinski definition) is 9. The lowest BCUT2D eigenvalue weighted by Gasteiger charge is -2.21. The molecule has 0 spiro atoms. The van der Waals surface area contributed by atoms with Gasteiger partial charge < -0.3 is 18.9 Å². The van der Waals surface area contributed by atoms with Crippen LogP contribution in [-0.2, 0) is 32.6 Å². The topological polar surface area (TPSA) is 169 Å². The summed E-state index contributed by atoms with van der Waals surface area (Å²) in [5, 5.41) is 11.0. The molecule has 0 aliphatic rings. The molecule has 5 rings (SSSR count). The molecule has 0 saturated carbocycles. The molecule has 5 aromatic rings. The first-order chi connectivity index (χ1) is 22.2. The SMILES string of the molecule is Cc1noc(NS(=O)(=O)c2ccccc2-c2ccc(-c3ncco3)cc2CN(C)C(=O)Cc2ccncc2)c1C.O=C(O)C(F)(F)F. The maximum absolute atomic E-state index is 13.6. The number of carboxylic acid groups (broad SMARTS) is 1. The molecule has 3 heterocycles. The standard InChI is InChI=1S/C29H27N5O5S.C2HF3O2/c1-19-20(2)32-39-28(19)33-40(36,37)26-7-5-4-6-25(26)24-9-8-22(29-31-14-15-38-29)17-23(24)18-34(3)27(35)16-21-10-12-30-13-11-21;3-2(4,5)1(6)7/h4-15,17,33H,16,18H2,1-3H3;(H,6,7). The lowest BCUT2D eigenvalue weighted by atomic mass is 9.96. The van der Waals surface area contributed by atoms with Crippen LogP contribution >= 0.6 is 0 Å². The number of aryl methyl sites for hydroxylation is 1. The van der Waals surface area contributed by atoms with Gasteiger partial charge in [0, 0.05) is 42.7 Å². The molecule has 1 amide bonds. The van der Waals surface area contributed by atoms with Crippen molar-refractivity contribution in [3.8, 4) is 22.6 Å². The van der Waals surface area contributed by atoms with Gasteiger partial charge in [-0.3, -0.25) is 9.78 Å². The highest BCUT2D eigenvalue weighted by Gasteiger charge is 2.38. The van der Waals surface area contributed by atoms with Crippen LogP contribution in [0.15, 0.2) is 93.3 Å². The fourth-order valence-corrected chi connectivity index (χ4v) is 5.52. The molecular formula is C31H28F3N5O7S. The van der Waals surface area contributed by atoms with E-state index in [1.165, 1.54) is 12.3 Å². The van der Waals surface area contributed by atoms with Gasteiger partial charge in [-0.05, 0) is 60.9 Å². The zero-order valence-corrected chi connectivity index (χ0v) is 26.0. The molecule has 47 heavy (non-hydrogen) atoms. The summed E-state index contributed by atoms with van der Waals surface area (Å²) in [4.78, 5) is 31.9. The number of hydrogen-bond donors (Lipinski definition) is 2. The van der Waals surface area contributed by atoms with Gasteiger partial charge in [-0.15, -0.1) is 0 Å². The van der Waals surface area contributed by atoms with Crippen molar-refractivity contribution in [3.63, 3.8) is 0 Å². The number of aromatic nitrogens is 3. The molecule has 0 bridgehead atoms. The quantitative estimate of drug-likeness (QED) is 0.200. The molecule has 0 radical (unpaired) electrons. The summed E-state index contributed by atoms with van der Waals surface area (Å²) in [7, 11) is -2.35. The van der Waals surface area contributed by atoms with E-state index in [-0.39, 0.29) is 29.7 Å². The van der Waals surface area contributed by atoms with Gasteiger partial charge in [-0.25, -0.2) is 22.9 Å². The third kappa shape index (κ3) is 8.61. The summed E-state index contributed by atoms with van der Waals surface area (Å²) in [5.41, 5.74) is 4.57. The number of halogens is 3. The summed E-state index contributed by atoms with van der Waals surface area (Å²) in [5.74, 6) is -2.38. The number of carboxylic acids is 1. The van der Waals surface area contributed by atoms with Gasteiger partial charge in [0.05, 0.1) is 23.2 Å². The van der Waals surface area contributed by atoms with Crippen LogP contribution in [-0.4, -0.2) is 58.6 Å². The van der Waals surface area contributed by atoms with Gasteiger partial charge in [-0.1, -0.05) is 29.4 Å². The number of benzene rings is 2. The van der Waals surface area contributed by atoms with Crippen LogP contribution in [0, 0.1) is 13.8 Å². The Balaban J connectivity index is 0.000000644. The van der Waals surface area contributed by atoms with Crippen molar-refractivity contribution in [1.29, 1.82) is 0 Å². The first-order valence-electron chi connectivity index (χ1n) is 13.7. The molecule has 0 fully saturated rings.